The maximum absolute atomic E-state index is 5.91. The summed E-state index contributed by atoms with van der Waals surface area (Å²) in [6.07, 6.45) is 1.67. The van der Waals surface area contributed by atoms with Crippen molar-refractivity contribution in [3.63, 3.8) is 0 Å². The Morgan fingerprint density at radius 3 is 2.86 bits per heavy atom. The maximum Gasteiger partial charge on any atom is 0.134 e. The molecule has 0 aliphatic rings. The van der Waals surface area contributed by atoms with Crippen LogP contribution in [0, 0.1) is 0 Å². The maximum atomic E-state index is 5.91. The summed E-state index contributed by atoms with van der Waals surface area (Å²) >= 11 is 7.52. The number of nitrogens with one attached hydrogen (secondary N) is 1. The van der Waals surface area contributed by atoms with Gasteiger partial charge in [0.25, 0.3) is 0 Å². The number of fused-ring (bicyclic) bond motifs is 1. The van der Waals surface area contributed by atoms with E-state index < -0.39 is 0 Å². The van der Waals surface area contributed by atoms with Crippen LogP contribution in [0.15, 0.2) is 58.1 Å². The zero-order chi connectivity index (χ0) is 14.7. The summed E-state index contributed by atoms with van der Waals surface area (Å²) < 4.78 is 5.91. The summed E-state index contributed by atoms with van der Waals surface area (Å²) in [7, 11) is 1.94. The molecule has 3 aromatic rings. The fraction of sp³-hybridized carbons (Fsp3) is 0.188. The van der Waals surface area contributed by atoms with E-state index in [4.69, 9.17) is 16.0 Å². The van der Waals surface area contributed by atoms with Crippen molar-refractivity contribution in [2.45, 2.75) is 11.1 Å². The summed E-state index contributed by atoms with van der Waals surface area (Å²) in [5.41, 5.74) is 0.919. The topological polar surface area (TPSA) is 38.1 Å². The van der Waals surface area contributed by atoms with Crippen LogP contribution in [0.25, 0.3) is 11.0 Å². The van der Waals surface area contributed by atoms with E-state index in [2.05, 4.69) is 22.4 Å². The van der Waals surface area contributed by atoms with Crippen LogP contribution in [0.3, 0.4) is 0 Å². The monoisotopic (exact) mass is 318 g/mol. The van der Waals surface area contributed by atoms with Gasteiger partial charge in [0.2, 0.25) is 0 Å². The molecule has 2 aromatic heterocycles. The average Bonchev–Trinajstić information content (AvgIpc) is 2.93. The number of rotatable bonds is 5. The van der Waals surface area contributed by atoms with Gasteiger partial charge in [0.05, 0.1) is 16.1 Å². The zero-order valence-corrected chi connectivity index (χ0v) is 13.1. The minimum atomic E-state index is 0.139. The molecule has 0 spiro atoms. The predicted molar refractivity (Wildman–Crippen MR) is 88.0 cm³/mol. The third kappa shape index (κ3) is 3.40. The Bertz CT molecular complexity index is 693. The largest absolute Gasteiger partial charge is 0.459 e. The van der Waals surface area contributed by atoms with Crippen LogP contribution in [0.4, 0.5) is 0 Å². The van der Waals surface area contributed by atoms with Gasteiger partial charge >= 0.3 is 0 Å². The number of thioether (sulfide) groups is 1. The molecule has 2 heterocycles. The van der Waals surface area contributed by atoms with Crippen LogP contribution in [0.1, 0.15) is 11.8 Å². The first kappa shape index (κ1) is 14.4. The second kappa shape index (κ2) is 6.52. The lowest BCUT2D eigenvalue weighted by Gasteiger charge is -2.12. The number of halogens is 1. The van der Waals surface area contributed by atoms with Gasteiger partial charge in [-0.3, -0.25) is 0 Å². The number of benzene rings is 1. The normalized spacial score (nSPS) is 12.7. The molecule has 3 rings (SSSR count). The molecule has 1 unspecified atom stereocenters. The molecular weight excluding hydrogens is 304 g/mol. The Labute approximate surface area is 132 Å². The quantitative estimate of drug-likeness (QED) is 0.701. The third-order valence-corrected chi connectivity index (χ3v) is 4.50. The fourth-order valence-electron chi connectivity index (χ4n) is 2.10. The fourth-order valence-corrected chi connectivity index (χ4v) is 3.17. The Morgan fingerprint density at radius 1 is 1.29 bits per heavy atom. The number of furan rings is 1. The van der Waals surface area contributed by atoms with Crippen LogP contribution >= 0.6 is 23.4 Å². The molecule has 3 nitrogen and oxygen atoms in total. The lowest BCUT2D eigenvalue weighted by atomic mass is 10.2. The molecule has 21 heavy (non-hydrogen) atoms. The van der Waals surface area contributed by atoms with Crippen molar-refractivity contribution >= 4 is 34.3 Å². The molecule has 1 N–H and O–H groups in total. The van der Waals surface area contributed by atoms with Gasteiger partial charge in [0, 0.05) is 17.3 Å². The predicted octanol–water partition coefficient (Wildman–Crippen LogP) is 4.53. The SMILES string of the molecule is CNC(CSc1ccc(Cl)cn1)c1cc2ccccc2o1. The Kier molecular flexibility index (Phi) is 4.48. The van der Waals surface area contributed by atoms with Crippen molar-refractivity contribution in [2.75, 3.05) is 12.8 Å². The summed E-state index contributed by atoms with van der Waals surface area (Å²) in [5, 5.41) is 6.03. The Hall–Kier alpha value is -1.49. The van der Waals surface area contributed by atoms with Gasteiger partial charge in [-0.15, -0.1) is 11.8 Å². The lowest BCUT2D eigenvalue weighted by Crippen LogP contribution is -2.18. The molecule has 0 amide bonds. The molecule has 0 saturated heterocycles. The summed E-state index contributed by atoms with van der Waals surface area (Å²) in [6, 6.07) is 14.1. The van der Waals surface area contributed by atoms with Crippen LogP contribution < -0.4 is 5.32 Å². The first-order valence-electron chi connectivity index (χ1n) is 6.66. The smallest absolute Gasteiger partial charge is 0.134 e. The first-order valence-corrected chi connectivity index (χ1v) is 8.03. The van der Waals surface area contributed by atoms with Crippen LogP contribution in [-0.4, -0.2) is 17.8 Å². The minimum Gasteiger partial charge on any atom is -0.459 e. The van der Waals surface area contributed by atoms with E-state index in [1.54, 1.807) is 18.0 Å². The second-order valence-corrected chi connectivity index (χ2v) is 6.13. The van der Waals surface area contributed by atoms with Crippen LogP contribution in [0.2, 0.25) is 5.02 Å². The molecular formula is C16H15ClN2OS. The number of nitrogens with zero attached hydrogens (tertiary/aromatic N) is 1. The minimum absolute atomic E-state index is 0.139. The molecule has 5 heteroatoms. The third-order valence-electron chi connectivity index (χ3n) is 3.23. The first-order chi connectivity index (χ1) is 10.3. The van der Waals surface area contributed by atoms with E-state index >= 15 is 0 Å². The molecule has 0 aliphatic carbocycles. The van der Waals surface area contributed by atoms with E-state index in [9.17, 15) is 0 Å². The molecule has 0 fully saturated rings. The van der Waals surface area contributed by atoms with Gasteiger partial charge in [0.15, 0.2) is 0 Å². The van der Waals surface area contributed by atoms with Gasteiger partial charge in [-0.2, -0.15) is 0 Å². The van der Waals surface area contributed by atoms with Gasteiger partial charge in [-0.25, -0.2) is 4.98 Å². The van der Waals surface area contributed by atoms with E-state index in [1.807, 2.05) is 37.4 Å². The highest BCUT2D eigenvalue weighted by Crippen LogP contribution is 2.28. The van der Waals surface area contributed by atoms with E-state index in [0.717, 1.165) is 27.5 Å². The summed E-state index contributed by atoms with van der Waals surface area (Å²) in [5.74, 6) is 1.78. The highest BCUT2D eigenvalue weighted by atomic mass is 35.5. The van der Waals surface area contributed by atoms with Crippen LogP contribution in [0.5, 0.6) is 0 Å². The summed E-state index contributed by atoms with van der Waals surface area (Å²) in [4.78, 5) is 4.29. The highest BCUT2D eigenvalue weighted by molar-refractivity contribution is 7.99. The highest BCUT2D eigenvalue weighted by Gasteiger charge is 2.15. The zero-order valence-electron chi connectivity index (χ0n) is 11.5. The van der Waals surface area contributed by atoms with Crippen molar-refractivity contribution in [2.24, 2.45) is 0 Å². The van der Waals surface area contributed by atoms with E-state index in [-0.39, 0.29) is 6.04 Å². The van der Waals surface area contributed by atoms with Crippen molar-refractivity contribution in [1.82, 2.24) is 10.3 Å². The number of aromatic nitrogens is 1. The molecule has 1 atom stereocenters. The van der Waals surface area contributed by atoms with Crippen molar-refractivity contribution in [3.05, 3.63) is 59.4 Å². The number of hydrogen-bond donors (Lipinski definition) is 1. The molecule has 1 aromatic carbocycles. The van der Waals surface area contributed by atoms with E-state index in [0.29, 0.717) is 5.02 Å². The number of para-hydroxylation sites is 1. The average molecular weight is 319 g/mol. The lowest BCUT2D eigenvalue weighted by molar-refractivity contribution is 0.479. The van der Waals surface area contributed by atoms with Crippen LogP contribution in [-0.2, 0) is 0 Å². The molecule has 0 aliphatic heterocycles. The molecule has 108 valence electrons. The van der Waals surface area contributed by atoms with Crippen molar-refractivity contribution in [1.29, 1.82) is 0 Å². The standard InChI is InChI=1S/C16H15ClN2OS/c1-18-13(10-21-16-7-6-12(17)9-19-16)15-8-11-4-2-3-5-14(11)20-15/h2-9,13,18H,10H2,1H3. The molecule has 0 radical (unpaired) electrons. The molecule has 0 saturated carbocycles. The van der Waals surface area contributed by atoms with E-state index in [1.165, 1.54) is 0 Å². The van der Waals surface area contributed by atoms with Gasteiger partial charge < -0.3 is 9.73 Å². The van der Waals surface area contributed by atoms with Crippen molar-refractivity contribution < 1.29 is 4.42 Å². The second-order valence-electron chi connectivity index (χ2n) is 4.65. The van der Waals surface area contributed by atoms with Gasteiger partial charge in [0.1, 0.15) is 11.3 Å². The Morgan fingerprint density at radius 2 is 2.14 bits per heavy atom. The number of hydrogen-bond acceptors (Lipinski definition) is 4. The van der Waals surface area contributed by atoms with Gasteiger partial charge in [-0.1, -0.05) is 29.8 Å². The van der Waals surface area contributed by atoms with Crippen molar-refractivity contribution in [3.8, 4) is 0 Å². The molecule has 0 bridgehead atoms. The van der Waals surface area contributed by atoms with Gasteiger partial charge in [-0.05, 0) is 31.3 Å². The number of pyridine rings is 1. The Balaban J connectivity index is 1.73. The summed E-state index contributed by atoms with van der Waals surface area (Å²) in [6.45, 7) is 0.